The van der Waals surface area contributed by atoms with Crippen LogP contribution < -0.4 is 4.74 Å². The van der Waals surface area contributed by atoms with Gasteiger partial charge in [-0.25, -0.2) is 10.2 Å². The zero-order valence-electron chi connectivity index (χ0n) is 11.8. The number of aromatic amines is 1. The van der Waals surface area contributed by atoms with Gasteiger partial charge in [-0.3, -0.25) is 0 Å². The van der Waals surface area contributed by atoms with Crippen LogP contribution in [0.5, 0.6) is 5.75 Å². The van der Waals surface area contributed by atoms with Gasteiger partial charge in [-0.1, -0.05) is 35.6 Å². The summed E-state index contributed by atoms with van der Waals surface area (Å²) in [4.78, 5) is 8.00. The number of hydrogen-bond donors (Lipinski definition) is 1. The Balaban J connectivity index is 1.90. The highest BCUT2D eigenvalue weighted by atomic mass is 79.9. The number of halogens is 1. The Morgan fingerprint density at radius 2 is 2.38 bits per heavy atom. The van der Waals surface area contributed by atoms with Crippen molar-refractivity contribution in [3.8, 4) is 23.0 Å². The van der Waals surface area contributed by atoms with Gasteiger partial charge in [0.2, 0.25) is 0 Å². The molecule has 0 unspecified atom stereocenters. The molecule has 0 fully saturated rings. The minimum absolute atomic E-state index is 0.0212. The number of benzene rings is 1. The number of H-pyrrole nitrogens is 1. The highest BCUT2D eigenvalue weighted by Gasteiger charge is 2.23. The maximum absolute atomic E-state index is 9.19. The number of nitrogens with one attached hydrogen (secondary N) is 1. The standard InChI is InChI=1S/C15H15BBrN3O/c1-2-5-16(9-18)7-14-19-12-8-21-13-6-10(17)3-4-11(13)15(12)20-14/h3-4,6H,2,5,7-8H2,1H3,(H,19,20). The molecular formula is C15H15BBrN3O. The summed E-state index contributed by atoms with van der Waals surface area (Å²) < 4.78 is 6.75. The van der Waals surface area contributed by atoms with Gasteiger partial charge in [0.25, 0.3) is 6.71 Å². The molecule has 1 N–H and O–H groups in total. The lowest BCUT2D eigenvalue weighted by Crippen LogP contribution is -2.15. The highest BCUT2D eigenvalue weighted by Crippen LogP contribution is 2.37. The SMILES string of the molecule is CCCB(C#N)Cc1nc2c([nH]1)COc1cc(Br)ccc1-2. The van der Waals surface area contributed by atoms with Gasteiger partial charge in [-0.15, -0.1) is 0 Å². The molecule has 2 heterocycles. The van der Waals surface area contributed by atoms with E-state index in [1.165, 1.54) is 0 Å². The normalized spacial score (nSPS) is 12.0. The highest BCUT2D eigenvalue weighted by molar-refractivity contribution is 9.10. The van der Waals surface area contributed by atoms with E-state index in [-0.39, 0.29) is 6.71 Å². The fourth-order valence-corrected chi connectivity index (χ4v) is 2.98. The summed E-state index contributed by atoms with van der Waals surface area (Å²) in [5.41, 5.74) is 2.95. The van der Waals surface area contributed by atoms with Crippen LogP contribution in [0.15, 0.2) is 22.7 Å². The van der Waals surface area contributed by atoms with Crippen LogP contribution in [0.2, 0.25) is 6.32 Å². The number of fused-ring (bicyclic) bond motifs is 3. The minimum Gasteiger partial charge on any atom is -0.487 e. The van der Waals surface area contributed by atoms with Crippen LogP contribution in [0.3, 0.4) is 0 Å². The fourth-order valence-electron chi connectivity index (χ4n) is 2.64. The second kappa shape index (κ2) is 5.94. The van der Waals surface area contributed by atoms with E-state index < -0.39 is 0 Å². The van der Waals surface area contributed by atoms with Crippen LogP contribution in [-0.4, -0.2) is 16.7 Å². The predicted molar refractivity (Wildman–Crippen MR) is 86.2 cm³/mol. The van der Waals surface area contributed by atoms with Gasteiger partial charge in [0, 0.05) is 16.0 Å². The van der Waals surface area contributed by atoms with Crippen molar-refractivity contribution in [2.24, 2.45) is 0 Å². The van der Waals surface area contributed by atoms with Gasteiger partial charge in [0.05, 0.1) is 11.4 Å². The van der Waals surface area contributed by atoms with Crippen LogP contribution >= 0.6 is 15.9 Å². The van der Waals surface area contributed by atoms with Gasteiger partial charge in [0.15, 0.2) is 0 Å². The number of aromatic nitrogens is 2. The summed E-state index contributed by atoms with van der Waals surface area (Å²) >= 11 is 3.45. The molecule has 1 aromatic heterocycles. The number of ether oxygens (including phenoxy) is 1. The van der Waals surface area contributed by atoms with Gasteiger partial charge in [-0.05, 0) is 24.5 Å². The molecule has 0 bridgehead atoms. The first kappa shape index (κ1) is 14.2. The molecule has 0 amide bonds. The Hall–Kier alpha value is -1.74. The van der Waals surface area contributed by atoms with E-state index in [4.69, 9.17) is 4.74 Å². The molecule has 4 nitrogen and oxygen atoms in total. The molecule has 2 aromatic rings. The zero-order valence-corrected chi connectivity index (χ0v) is 13.4. The number of imidazole rings is 1. The molecular weight excluding hydrogens is 329 g/mol. The van der Waals surface area contributed by atoms with Crippen molar-refractivity contribution < 1.29 is 4.74 Å². The third-order valence-corrected chi connectivity index (χ3v) is 4.15. The third-order valence-electron chi connectivity index (χ3n) is 3.66. The minimum atomic E-state index is 0.0212. The van der Waals surface area contributed by atoms with E-state index in [0.717, 1.165) is 45.7 Å². The van der Waals surface area contributed by atoms with Crippen LogP contribution in [0.4, 0.5) is 0 Å². The summed E-state index contributed by atoms with van der Waals surface area (Å²) in [5.74, 6) is 4.08. The largest absolute Gasteiger partial charge is 0.487 e. The first-order valence-corrected chi connectivity index (χ1v) is 7.90. The van der Waals surface area contributed by atoms with Crippen LogP contribution in [-0.2, 0) is 12.9 Å². The zero-order chi connectivity index (χ0) is 14.8. The van der Waals surface area contributed by atoms with Crippen molar-refractivity contribution in [2.45, 2.75) is 32.6 Å². The van der Waals surface area contributed by atoms with Crippen LogP contribution in [0.1, 0.15) is 24.9 Å². The van der Waals surface area contributed by atoms with E-state index in [0.29, 0.717) is 12.9 Å². The van der Waals surface area contributed by atoms with Crippen LogP contribution in [0, 0.1) is 11.2 Å². The lowest BCUT2D eigenvalue weighted by molar-refractivity contribution is 0.297. The maximum atomic E-state index is 9.19. The molecule has 1 aliphatic rings. The summed E-state index contributed by atoms with van der Waals surface area (Å²) in [5, 5.41) is 9.19. The van der Waals surface area contributed by atoms with Crippen molar-refractivity contribution >= 4 is 22.6 Å². The van der Waals surface area contributed by atoms with E-state index >= 15 is 0 Å². The van der Waals surface area contributed by atoms with Crippen molar-refractivity contribution in [2.75, 3.05) is 0 Å². The Bertz CT molecular complexity index is 707. The number of hydrogen-bond acceptors (Lipinski definition) is 3. The molecule has 0 radical (unpaired) electrons. The Morgan fingerprint density at radius 1 is 1.52 bits per heavy atom. The molecule has 0 saturated heterocycles. The van der Waals surface area contributed by atoms with Gasteiger partial charge >= 0.3 is 0 Å². The second-order valence-electron chi connectivity index (χ2n) is 5.26. The molecule has 3 rings (SSSR count). The lowest BCUT2D eigenvalue weighted by atomic mass is 9.46. The molecule has 1 aliphatic heterocycles. The van der Waals surface area contributed by atoms with E-state index in [1.807, 2.05) is 18.2 Å². The summed E-state index contributed by atoms with van der Waals surface area (Å²) in [6, 6.07) is 5.96. The topological polar surface area (TPSA) is 61.7 Å². The summed E-state index contributed by atoms with van der Waals surface area (Å²) in [6.07, 6.45) is 2.59. The molecule has 6 heteroatoms. The van der Waals surface area contributed by atoms with Crippen LogP contribution in [0.25, 0.3) is 11.3 Å². The number of nitrogens with zero attached hydrogens (tertiary/aromatic N) is 2. The number of nitriles is 1. The van der Waals surface area contributed by atoms with E-state index in [1.54, 1.807) is 0 Å². The Morgan fingerprint density at radius 3 is 3.14 bits per heavy atom. The third kappa shape index (κ3) is 2.84. The van der Waals surface area contributed by atoms with Crippen molar-refractivity contribution in [1.82, 2.24) is 9.97 Å². The van der Waals surface area contributed by atoms with Crippen molar-refractivity contribution in [1.29, 1.82) is 5.26 Å². The molecule has 106 valence electrons. The monoisotopic (exact) mass is 343 g/mol. The Labute approximate surface area is 132 Å². The maximum Gasteiger partial charge on any atom is 0.275 e. The first-order valence-electron chi connectivity index (χ1n) is 7.11. The van der Waals surface area contributed by atoms with Gasteiger partial charge in [0.1, 0.15) is 18.2 Å². The van der Waals surface area contributed by atoms with E-state index in [9.17, 15) is 5.26 Å². The molecule has 0 spiro atoms. The van der Waals surface area contributed by atoms with E-state index in [2.05, 4.69) is 38.8 Å². The molecule has 0 atom stereocenters. The summed E-state index contributed by atoms with van der Waals surface area (Å²) in [6.45, 7) is 2.61. The Kier molecular flexibility index (Phi) is 4.02. The molecule has 0 saturated carbocycles. The molecule has 21 heavy (non-hydrogen) atoms. The predicted octanol–water partition coefficient (Wildman–Crippen LogP) is 3.78. The average Bonchev–Trinajstić information content (AvgIpc) is 2.89. The first-order chi connectivity index (χ1) is 10.2. The molecule has 1 aromatic carbocycles. The lowest BCUT2D eigenvalue weighted by Gasteiger charge is -2.16. The van der Waals surface area contributed by atoms with Crippen molar-refractivity contribution in [3.05, 3.63) is 34.2 Å². The fraction of sp³-hybridized carbons (Fsp3) is 0.333. The average molecular weight is 344 g/mol. The second-order valence-corrected chi connectivity index (χ2v) is 6.17. The van der Waals surface area contributed by atoms with Crippen molar-refractivity contribution in [3.63, 3.8) is 0 Å². The quantitative estimate of drug-likeness (QED) is 0.859. The smallest absolute Gasteiger partial charge is 0.275 e. The number of rotatable bonds is 4. The van der Waals surface area contributed by atoms with Gasteiger partial charge in [-0.2, -0.15) is 0 Å². The van der Waals surface area contributed by atoms with Gasteiger partial charge < -0.3 is 9.72 Å². The summed E-state index contributed by atoms with van der Waals surface area (Å²) in [7, 11) is 0. The molecule has 0 aliphatic carbocycles.